The number of aromatic nitrogens is 2. The van der Waals surface area contributed by atoms with Gasteiger partial charge in [0, 0.05) is 19.7 Å². The zero-order valence-electron chi connectivity index (χ0n) is 11.1. The lowest BCUT2D eigenvalue weighted by Crippen LogP contribution is -2.26. The monoisotopic (exact) mass is 329 g/mol. The van der Waals surface area contributed by atoms with E-state index in [1.807, 2.05) is 11.0 Å². The fraction of sp³-hybridized carbons (Fsp3) is 0.286. The molecule has 1 N–H and O–H groups in total. The Hall–Kier alpha value is -1.43. The molecule has 7 heteroatoms. The molecule has 2 aromatic rings. The quantitative estimate of drug-likeness (QED) is 0.883. The van der Waals surface area contributed by atoms with Gasteiger partial charge in [0.25, 0.3) is 0 Å². The molecule has 0 aliphatic heterocycles. The number of hydrogen-bond donors (Lipinski definition) is 1. The maximum Gasteiger partial charge on any atom is 0.225 e. The van der Waals surface area contributed by atoms with Crippen LogP contribution >= 0.6 is 23.2 Å². The molecule has 1 aromatic heterocycles. The lowest BCUT2D eigenvalue weighted by molar-refractivity contribution is 0.289. The summed E-state index contributed by atoms with van der Waals surface area (Å²) in [5.74, 6) is -0.0914. The minimum atomic E-state index is -0.490. The van der Waals surface area contributed by atoms with Crippen molar-refractivity contribution >= 4 is 29.2 Å². The summed E-state index contributed by atoms with van der Waals surface area (Å²) in [6, 6.07) is 5.33. The number of aliphatic hydroxyl groups is 1. The summed E-state index contributed by atoms with van der Waals surface area (Å²) in [7, 11) is 0. The molecule has 0 amide bonds. The molecule has 0 aliphatic rings. The Kier molecular flexibility index (Phi) is 5.73. The highest BCUT2D eigenvalue weighted by molar-refractivity contribution is 6.42. The van der Waals surface area contributed by atoms with Crippen LogP contribution in [0.3, 0.4) is 0 Å². The lowest BCUT2D eigenvalue weighted by atomic mass is 10.2. The summed E-state index contributed by atoms with van der Waals surface area (Å²) >= 11 is 11.9. The van der Waals surface area contributed by atoms with E-state index < -0.39 is 5.82 Å². The summed E-state index contributed by atoms with van der Waals surface area (Å²) in [5.41, 5.74) is 0.926. The molecule has 4 nitrogen and oxygen atoms in total. The second-order valence-corrected chi connectivity index (χ2v) is 5.26. The molecule has 0 radical (unpaired) electrons. The SMILES string of the molecule is OCCCN(Cc1ccc(Cl)c(Cl)c1)c1ncc(F)cn1. The molecule has 1 heterocycles. The van der Waals surface area contributed by atoms with Gasteiger partial charge in [0.1, 0.15) is 0 Å². The van der Waals surface area contributed by atoms with E-state index in [1.54, 1.807) is 12.1 Å². The van der Waals surface area contributed by atoms with E-state index in [2.05, 4.69) is 9.97 Å². The lowest BCUT2D eigenvalue weighted by Gasteiger charge is -2.22. The average molecular weight is 330 g/mol. The van der Waals surface area contributed by atoms with Crippen LogP contribution in [0.2, 0.25) is 10.0 Å². The molecule has 0 saturated heterocycles. The topological polar surface area (TPSA) is 49.2 Å². The molecule has 112 valence electrons. The van der Waals surface area contributed by atoms with E-state index in [0.29, 0.717) is 35.5 Å². The van der Waals surface area contributed by atoms with Crippen LogP contribution in [-0.2, 0) is 6.54 Å². The standard InChI is InChI=1S/C14H14Cl2FN3O/c15-12-3-2-10(6-13(12)16)9-20(4-1-5-21)14-18-7-11(17)8-19-14/h2-3,6-8,21H,1,4-5,9H2. The van der Waals surface area contributed by atoms with Crippen LogP contribution in [0.15, 0.2) is 30.6 Å². The van der Waals surface area contributed by atoms with E-state index in [-0.39, 0.29) is 6.61 Å². The highest BCUT2D eigenvalue weighted by atomic mass is 35.5. The van der Waals surface area contributed by atoms with Crippen molar-refractivity contribution in [3.05, 3.63) is 52.0 Å². The number of halogens is 3. The van der Waals surface area contributed by atoms with Gasteiger partial charge >= 0.3 is 0 Å². The first-order valence-corrected chi connectivity index (χ1v) is 7.13. The molecular formula is C14H14Cl2FN3O. The zero-order valence-corrected chi connectivity index (χ0v) is 12.6. The molecule has 21 heavy (non-hydrogen) atoms. The first-order chi connectivity index (χ1) is 10.1. The summed E-state index contributed by atoms with van der Waals surface area (Å²) in [5, 5.41) is 9.94. The van der Waals surface area contributed by atoms with Crippen molar-refractivity contribution in [3.63, 3.8) is 0 Å². The van der Waals surface area contributed by atoms with Crippen molar-refractivity contribution < 1.29 is 9.50 Å². The summed E-state index contributed by atoms with van der Waals surface area (Å²) in [4.78, 5) is 9.78. The Morgan fingerprint density at radius 3 is 2.48 bits per heavy atom. The van der Waals surface area contributed by atoms with Gasteiger partial charge in [-0.3, -0.25) is 0 Å². The van der Waals surface area contributed by atoms with Crippen LogP contribution < -0.4 is 4.90 Å². The number of hydrogen-bond acceptors (Lipinski definition) is 4. The average Bonchev–Trinajstić information content (AvgIpc) is 2.48. The van der Waals surface area contributed by atoms with E-state index in [9.17, 15) is 4.39 Å². The van der Waals surface area contributed by atoms with Gasteiger partial charge in [-0.1, -0.05) is 29.3 Å². The molecule has 0 atom stereocenters. The van der Waals surface area contributed by atoms with Crippen molar-refractivity contribution in [2.24, 2.45) is 0 Å². The largest absolute Gasteiger partial charge is 0.396 e. The third kappa shape index (κ3) is 4.52. The summed E-state index contributed by atoms with van der Waals surface area (Å²) in [6.07, 6.45) is 2.79. The molecular weight excluding hydrogens is 316 g/mol. The second kappa shape index (κ2) is 7.54. The third-order valence-electron chi connectivity index (χ3n) is 2.83. The molecule has 0 saturated carbocycles. The van der Waals surface area contributed by atoms with Gasteiger partial charge in [-0.25, -0.2) is 14.4 Å². The van der Waals surface area contributed by atoms with Gasteiger partial charge in [0.15, 0.2) is 5.82 Å². The molecule has 0 spiro atoms. The van der Waals surface area contributed by atoms with Crippen LogP contribution in [0.4, 0.5) is 10.3 Å². The molecule has 0 fully saturated rings. The highest BCUT2D eigenvalue weighted by Gasteiger charge is 2.11. The van der Waals surface area contributed by atoms with Crippen molar-refractivity contribution in [3.8, 4) is 0 Å². The Labute approximate surface area is 132 Å². The van der Waals surface area contributed by atoms with Crippen LogP contribution in [0.1, 0.15) is 12.0 Å². The molecule has 0 bridgehead atoms. The van der Waals surface area contributed by atoms with E-state index >= 15 is 0 Å². The van der Waals surface area contributed by atoms with Crippen LogP contribution in [-0.4, -0.2) is 28.2 Å². The zero-order chi connectivity index (χ0) is 15.2. The Bertz CT molecular complexity index is 595. The van der Waals surface area contributed by atoms with E-state index in [0.717, 1.165) is 18.0 Å². The van der Waals surface area contributed by atoms with Crippen molar-refractivity contribution in [2.45, 2.75) is 13.0 Å². The van der Waals surface area contributed by atoms with Gasteiger partial charge in [0.2, 0.25) is 5.95 Å². The minimum absolute atomic E-state index is 0.0546. The maximum absolute atomic E-state index is 12.9. The molecule has 0 unspecified atom stereocenters. The second-order valence-electron chi connectivity index (χ2n) is 4.45. The fourth-order valence-corrected chi connectivity index (χ4v) is 2.16. The fourth-order valence-electron chi connectivity index (χ4n) is 1.84. The molecule has 0 aliphatic carbocycles. The number of aliphatic hydroxyl groups excluding tert-OH is 1. The number of anilines is 1. The van der Waals surface area contributed by atoms with Gasteiger partial charge in [0.05, 0.1) is 22.4 Å². The minimum Gasteiger partial charge on any atom is -0.396 e. The van der Waals surface area contributed by atoms with Crippen LogP contribution in [0.25, 0.3) is 0 Å². The van der Waals surface area contributed by atoms with Crippen LogP contribution in [0, 0.1) is 5.82 Å². The third-order valence-corrected chi connectivity index (χ3v) is 3.57. The first kappa shape index (κ1) is 15.9. The predicted molar refractivity (Wildman–Crippen MR) is 81.2 cm³/mol. The van der Waals surface area contributed by atoms with Crippen molar-refractivity contribution in [1.29, 1.82) is 0 Å². The predicted octanol–water partition coefficient (Wildman–Crippen LogP) is 3.31. The Balaban J connectivity index is 2.19. The highest BCUT2D eigenvalue weighted by Crippen LogP contribution is 2.24. The van der Waals surface area contributed by atoms with E-state index in [1.165, 1.54) is 0 Å². The maximum atomic E-state index is 12.9. The normalized spacial score (nSPS) is 10.7. The van der Waals surface area contributed by atoms with Crippen molar-refractivity contribution in [2.75, 3.05) is 18.1 Å². The van der Waals surface area contributed by atoms with Gasteiger partial charge in [-0.15, -0.1) is 0 Å². The summed E-state index contributed by atoms with van der Waals surface area (Å²) < 4.78 is 12.9. The van der Waals surface area contributed by atoms with Gasteiger partial charge in [-0.2, -0.15) is 0 Å². The van der Waals surface area contributed by atoms with E-state index in [4.69, 9.17) is 28.3 Å². The number of rotatable bonds is 6. The first-order valence-electron chi connectivity index (χ1n) is 6.37. The molecule has 2 rings (SSSR count). The van der Waals surface area contributed by atoms with Gasteiger partial charge < -0.3 is 10.0 Å². The van der Waals surface area contributed by atoms with Crippen LogP contribution in [0.5, 0.6) is 0 Å². The Morgan fingerprint density at radius 1 is 1.14 bits per heavy atom. The van der Waals surface area contributed by atoms with Gasteiger partial charge in [-0.05, 0) is 24.1 Å². The van der Waals surface area contributed by atoms with Crippen molar-refractivity contribution in [1.82, 2.24) is 9.97 Å². The molecule has 1 aromatic carbocycles. The number of benzene rings is 1. The Morgan fingerprint density at radius 2 is 1.86 bits per heavy atom. The summed E-state index contributed by atoms with van der Waals surface area (Å²) in [6.45, 7) is 1.09. The smallest absolute Gasteiger partial charge is 0.225 e. The number of nitrogens with zero attached hydrogens (tertiary/aromatic N) is 3.